The molecule has 1 amide bonds. The number of hydrogen-bond acceptors (Lipinski definition) is 5. The van der Waals surface area contributed by atoms with Gasteiger partial charge in [0, 0.05) is 39.3 Å². The Morgan fingerprint density at radius 3 is 2.84 bits per heavy atom. The molecule has 1 aromatic rings. The van der Waals surface area contributed by atoms with Crippen molar-refractivity contribution < 1.29 is 4.79 Å². The molecule has 1 aliphatic heterocycles. The van der Waals surface area contributed by atoms with E-state index in [0.29, 0.717) is 17.8 Å². The summed E-state index contributed by atoms with van der Waals surface area (Å²) in [7, 11) is 0. The van der Waals surface area contributed by atoms with Crippen LogP contribution in [0, 0.1) is 13.8 Å². The summed E-state index contributed by atoms with van der Waals surface area (Å²) in [5.74, 6) is -0.0642. The van der Waals surface area contributed by atoms with Gasteiger partial charge in [-0.05, 0) is 19.9 Å². The zero-order valence-electron chi connectivity index (χ0n) is 11.6. The summed E-state index contributed by atoms with van der Waals surface area (Å²) in [4.78, 5) is 14.4. The SMILES string of the molecule is Cc1cc(C(=O)NCCN2CCNCC2)c(C)nn1. The normalized spacial score (nSPS) is 16.3. The van der Waals surface area contributed by atoms with Crippen LogP contribution >= 0.6 is 0 Å². The molecule has 6 heteroatoms. The van der Waals surface area contributed by atoms with Gasteiger partial charge in [-0.1, -0.05) is 0 Å². The lowest BCUT2D eigenvalue weighted by molar-refractivity contribution is 0.0946. The van der Waals surface area contributed by atoms with Crippen LogP contribution < -0.4 is 10.6 Å². The third-order valence-corrected chi connectivity index (χ3v) is 3.27. The molecule has 1 fully saturated rings. The maximum Gasteiger partial charge on any atom is 0.253 e. The highest BCUT2D eigenvalue weighted by Crippen LogP contribution is 2.04. The van der Waals surface area contributed by atoms with E-state index in [4.69, 9.17) is 0 Å². The fourth-order valence-corrected chi connectivity index (χ4v) is 2.14. The Morgan fingerprint density at radius 1 is 1.37 bits per heavy atom. The summed E-state index contributed by atoms with van der Waals surface area (Å²) in [6.07, 6.45) is 0. The summed E-state index contributed by atoms with van der Waals surface area (Å²) in [5.41, 5.74) is 2.05. The second-order valence-electron chi connectivity index (χ2n) is 4.83. The first-order chi connectivity index (χ1) is 9.16. The molecule has 0 saturated carbocycles. The number of aryl methyl sites for hydroxylation is 2. The number of hydrogen-bond donors (Lipinski definition) is 2. The molecule has 0 spiro atoms. The van der Waals surface area contributed by atoms with Gasteiger partial charge in [-0.25, -0.2) is 0 Å². The Bertz CT molecular complexity index is 443. The molecule has 19 heavy (non-hydrogen) atoms. The summed E-state index contributed by atoms with van der Waals surface area (Å²) < 4.78 is 0. The third-order valence-electron chi connectivity index (χ3n) is 3.27. The van der Waals surface area contributed by atoms with Crippen LogP contribution in [-0.2, 0) is 0 Å². The van der Waals surface area contributed by atoms with Gasteiger partial charge >= 0.3 is 0 Å². The second-order valence-corrected chi connectivity index (χ2v) is 4.83. The van der Waals surface area contributed by atoms with Gasteiger partial charge in [0.2, 0.25) is 0 Å². The fraction of sp³-hybridized carbons (Fsp3) is 0.615. The molecule has 104 valence electrons. The van der Waals surface area contributed by atoms with E-state index in [0.717, 1.165) is 38.4 Å². The van der Waals surface area contributed by atoms with Crippen LogP contribution in [0.5, 0.6) is 0 Å². The Kier molecular flexibility index (Phi) is 4.81. The first-order valence-electron chi connectivity index (χ1n) is 6.69. The fourth-order valence-electron chi connectivity index (χ4n) is 2.14. The molecule has 6 nitrogen and oxygen atoms in total. The van der Waals surface area contributed by atoms with Crippen LogP contribution in [0.15, 0.2) is 6.07 Å². The second kappa shape index (κ2) is 6.58. The molecular formula is C13H21N5O. The summed E-state index contributed by atoms with van der Waals surface area (Å²) in [6.45, 7) is 9.35. The largest absolute Gasteiger partial charge is 0.351 e. The summed E-state index contributed by atoms with van der Waals surface area (Å²) in [6, 6.07) is 1.78. The number of nitrogens with zero attached hydrogens (tertiary/aromatic N) is 3. The van der Waals surface area contributed by atoms with E-state index in [1.807, 2.05) is 6.92 Å². The number of carbonyl (C=O) groups is 1. The van der Waals surface area contributed by atoms with Gasteiger partial charge in [0.15, 0.2) is 0 Å². The smallest absolute Gasteiger partial charge is 0.253 e. The van der Waals surface area contributed by atoms with Crippen molar-refractivity contribution in [2.45, 2.75) is 13.8 Å². The van der Waals surface area contributed by atoms with Crippen molar-refractivity contribution in [2.75, 3.05) is 39.3 Å². The molecule has 0 atom stereocenters. The van der Waals surface area contributed by atoms with Crippen LogP contribution in [0.4, 0.5) is 0 Å². The average molecular weight is 263 g/mol. The standard InChI is InChI=1S/C13H21N5O/c1-10-9-12(11(2)17-16-10)13(19)15-5-8-18-6-3-14-4-7-18/h9,14H,3-8H2,1-2H3,(H,15,19). The Morgan fingerprint density at radius 2 is 2.11 bits per heavy atom. The highest BCUT2D eigenvalue weighted by atomic mass is 16.1. The molecule has 0 bridgehead atoms. The van der Waals surface area contributed by atoms with Crippen LogP contribution in [0.1, 0.15) is 21.7 Å². The summed E-state index contributed by atoms with van der Waals surface area (Å²) in [5, 5.41) is 14.2. The third kappa shape index (κ3) is 3.97. The lowest BCUT2D eigenvalue weighted by Gasteiger charge is -2.27. The molecule has 0 aromatic carbocycles. The van der Waals surface area contributed by atoms with Crippen LogP contribution in [0.3, 0.4) is 0 Å². The van der Waals surface area contributed by atoms with Crippen molar-refractivity contribution in [3.8, 4) is 0 Å². The lowest BCUT2D eigenvalue weighted by atomic mass is 10.2. The van der Waals surface area contributed by atoms with Crippen molar-refractivity contribution >= 4 is 5.91 Å². The number of amides is 1. The van der Waals surface area contributed by atoms with Crippen molar-refractivity contribution in [2.24, 2.45) is 0 Å². The maximum absolute atomic E-state index is 12.0. The highest BCUT2D eigenvalue weighted by Gasteiger charge is 2.12. The zero-order chi connectivity index (χ0) is 13.7. The predicted molar refractivity (Wildman–Crippen MR) is 73.1 cm³/mol. The molecule has 0 unspecified atom stereocenters. The molecule has 1 aromatic heterocycles. The van der Waals surface area contributed by atoms with Gasteiger partial charge < -0.3 is 10.6 Å². The highest BCUT2D eigenvalue weighted by molar-refractivity contribution is 5.95. The molecule has 2 N–H and O–H groups in total. The van der Waals surface area contributed by atoms with Crippen LogP contribution in [0.25, 0.3) is 0 Å². The van der Waals surface area contributed by atoms with Gasteiger partial charge in [-0.3, -0.25) is 9.69 Å². The molecule has 0 aliphatic carbocycles. The van der Waals surface area contributed by atoms with Crippen LogP contribution in [-0.4, -0.2) is 60.3 Å². The average Bonchev–Trinajstić information content (AvgIpc) is 2.42. The Hall–Kier alpha value is -1.53. The van der Waals surface area contributed by atoms with Crippen LogP contribution in [0.2, 0.25) is 0 Å². The van der Waals surface area contributed by atoms with E-state index < -0.39 is 0 Å². The first kappa shape index (κ1) is 13.9. The van der Waals surface area contributed by atoms with E-state index >= 15 is 0 Å². The minimum absolute atomic E-state index is 0.0642. The van der Waals surface area contributed by atoms with E-state index in [1.54, 1.807) is 13.0 Å². The maximum atomic E-state index is 12.0. The van der Waals surface area contributed by atoms with Crippen molar-refractivity contribution in [1.29, 1.82) is 0 Å². The Balaban J connectivity index is 1.82. The minimum Gasteiger partial charge on any atom is -0.351 e. The zero-order valence-corrected chi connectivity index (χ0v) is 11.6. The number of piperazine rings is 1. The molecule has 0 radical (unpaired) electrons. The molecule has 2 heterocycles. The topological polar surface area (TPSA) is 70.2 Å². The molecule has 1 aliphatic rings. The molecular weight excluding hydrogens is 242 g/mol. The van der Waals surface area contributed by atoms with Crippen molar-refractivity contribution in [1.82, 2.24) is 25.7 Å². The summed E-state index contributed by atoms with van der Waals surface area (Å²) >= 11 is 0. The van der Waals surface area contributed by atoms with Gasteiger partial charge in [0.25, 0.3) is 5.91 Å². The number of nitrogens with one attached hydrogen (secondary N) is 2. The van der Waals surface area contributed by atoms with E-state index in [-0.39, 0.29) is 5.91 Å². The minimum atomic E-state index is -0.0642. The molecule has 2 rings (SSSR count). The first-order valence-corrected chi connectivity index (χ1v) is 6.69. The number of carbonyl (C=O) groups excluding carboxylic acids is 1. The van der Waals surface area contributed by atoms with E-state index in [9.17, 15) is 4.79 Å². The van der Waals surface area contributed by atoms with Gasteiger partial charge in [0.05, 0.1) is 17.0 Å². The van der Waals surface area contributed by atoms with Crippen molar-refractivity contribution in [3.05, 3.63) is 23.0 Å². The molecule has 1 saturated heterocycles. The van der Waals surface area contributed by atoms with E-state index in [2.05, 4.69) is 25.7 Å². The number of aromatic nitrogens is 2. The quantitative estimate of drug-likeness (QED) is 0.782. The predicted octanol–water partition coefficient (Wildman–Crippen LogP) is -0.272. The lowest BCUT2D eigenvalue weighted by Crippen LogP contribution is -2.46. The number of rotatable bonds is 4. The van der Waals surface area contributed by atoms with Crippen molar-refractivity contribution in [3.63, 3.8) is 0 Å². The van der Waals surface area contributed by atoms with E-state index in [1.165, 1.54) is 0 Å². The van der Waals surface area contributed by atoms with Gasteiger partial charge in [0.1, 0.15) is 0 Å². The monoisotopic (exact) mass is 263 g/mol. The Labute approximate surface area is 113 Å². The van der Waals surface area contributed by atoms with Gasteiger partial charge in [-0.15, -0.1) is 0 Å². The van der Waals surface area contributed by atoms with Gasteiger partial charge in [-0.2, -0.15) is 10.2 Å².